The molecule has 3 aliphatic rings. The number of hydrogen-bond acceptors (Lipinski definition) is 8. The predicted molar refractivity (Wildman–Crippen MR) is 204 cm³/mol. The fraction of sp³-hybridized carbons (Fsp3) is 0.349. The fourth-order valence-corrected chi connectivity index (χ4v) is 8.85. The highest BCUT2D eigenvalue weighted by atomic mass is 32.1. The molecule has 2 saturated heterocycles. The van der Waals surface area contributed by atoms with E-state index in [9.17, 15) is 9.59 Å². The molecule has 2 atom stereocenters. The molecule has 1 aliphatic carbocycles. The summed E-state index contributed by atoms with van der Waals surface area (Å²) in [6.45, 7) is 5.38. The van der Waals surface area contributed by atoms with Crippen molar-refractivity contribution in [1.82, 2.24) is 9.80 Å². The van der Waals surface area contributed by atoms with E-state index in [2.05, 4.69) is 4.90 Å². The van der Waals surface area contributed by atoms with E-state index in [1.54, 1.807) is 11.3 Å². The number of thiophene rings is 1. The first-order valence-electron chi connectivity index (χ1n) is 18.5. The minimum absolute atomic E-state index is 0.00628. The Kier molecular flexibility index (Phi) is 10.4. The Morgan fingerprint density at radius 1 is 0.788 bits per heavy atom. The van der Waals surface area contributed by atoms with Crippen molar-refractivity contribution in [2.24, 2.45) is 0 Å². The molecule has 4 aromatic carbocycles. The summed E-state index contributed by atoms with van der Waals surface area (Å²) in [6, 6.07) is 31.6. The predicted octanol–water partition coefficient (Wildman–Crippen LogP) is 9.00. The van der Waals surface area contributed by atoms with E-state index >= 15 is 0 Å². The van der Waals surface area contributed by atoms with Gasteiger partial charge in [-0.25, -0.2) is 4.79 Å². The number of ketones is 1. The molecule has 2 aliphatic heterocycles. The minimum Gasteiger partial charge on any atom is -0.492 e. The van der Waals surface area contributed by atoms with Gasteiger partial charge in [0.1, 0.15) is 43.2 Å². The zero-order chi connectivity index (χ0) is 35.3. The lowest BCUT2D eigenvalue weighted by atomic mass is 9.91. The van der Waals surface area contributed by atoms with Crippen molar-refractivity contribution >= 4 is 33.3 Å². The van der Waals surface area contributed by atoms with Crippen LogP contribution in [0, 0.1) is 0 Å². The number of benzene rings is 4. The Morgan fingerprint density at radius 2 is 1.54 bits per heavy atom. The average molecular weight is 717 g/mol. The number of likely N-dealkylation sites (tertiary alicyclic amines) is 1. The quantitative estimate of drug-likeness (QED) is 0.113. The largest absolute Gasteiger partial charge is 0.492 e. The molecule has 268 valence electrons. The van der Waals surface area contributed by atoms with Crippen molar-refractivity contribution in [2.45, 2.75) is 57.3 Å². The number of carbonyl (C=O) groups is 2. The van der Waals surface area contributed by atoms with Crippen LogP contribution in [0.4, 0.5) is 4.79 Å². The molecule has 3 heterocycles. The van der Waals surface area contributed by atoms with Crippen molar-refractivity contribution in [3.63, 3.8) is 0 Å². The summed E-state index contributed by atoms with van der Waals surface area (Å²) < 4.78 is 24.9. The van der Waals surface area contributed by atoms with Gasteiger partial charge >= 0.3 is 6.09 Å². The molecule has 8 rings (SSSR count). The molecule has 0 radical (unpaired) electrons. The number of rotatable bonds is 13. The lowest BCUT2D eigenvalue weighted by Gasteiger charge is -2.36. The molecule has 0 bridgehead atoms. The first kappa shape index (κ1) is 34.2. The van der Waals surface area contributed by atoms with Crippen LogP contribution in [0.3, 0.4) is 0 Å². The molecule has 1 amide bonds. The van der Waals surface area contributed by atoms with Crippen LogP contribution in [-0.4, -0.2) is 73.2 Å². The third-order valence-electron chi connectivity index (χ3n) is 10.4. The summed E-state index contributed by atoms with van der Waals surface area (Å²) in [7, 11) is 0. The zero-order valence-electron chi connectivity index (χ0n) is 29.3. The second-order valence-corrected chi connectivity index (χ2v) is 14.9. The van der Waals surface area contributed by atoms with Crippen LogP contribution in [0.5, 0.6) is 17.2 Å². The monoisotopic (exact) mass is 716 g/mol. The molecular formula is C43H44N2O6S. The number of cyclic esters (lactones) is 1. The third-order valence-corrected chi connectivity index (χ3v) is 11.6. The fourth-order valence-electron chi connectivity index (χ4n) is 7.62. The van der Waals surface area contributed by atoms with Crippen molar-refractivity contribution in [1.29, 1.82) is 0 Å². The Balaban J connectivity index is 1.04. The number of ether oxygens (including phenoxy) is 4. The molecule has 0 spiro atoms. The van der Waals surface area contributed by atoms with Crippen molar-refractivity contribution in [3.8, 4) is 27.7 Å². The lowest BCUT2D eigenvalue weighted by molar-refractivity contribution is 0.0572. The zero-order valence-corrected chi connectivity index (χ0v) is 30.2. The molecule has 1 aromatic heterocycles. The highest BCUT2D eigenvalue weighted by molar-refractivity contribution is 7.22. The Morgan fingerprint density at radius 3 is 2.31 bits per heavy atom. The van der Waals surface area contributed by atoms with Crippen LogP contribution in [-0.2, 0) is 11.3 Å². The Hall–Kier alpha value is -4.86. The standard InChI is InChI=1S/C43H44N2O6S/c46-41(31-12-18-34(19-13-31)51-38-11-5-4-10-37(38)45-25-27-49-43(45)47)40-36-21-20-35(50-29-30-8-2-1-3-9-30)28-39(36)52-42(40)32-14-16-33(17-15-32)48-26-24-44-22-6-7-23-44/h1-3,8-9,12-21,28,37-38H,4-7,10-11,22-27,29H2/t37-,38-/m0/s1. The summed E-state index contributed by atoms with van der Waals surface area (Å²) in [5, 5.41) is 0.894. The average Bonchev–Trinajstić information content (AvgIpc) is 3.95. The SMILES string of the molecule is O=C(c1ccc(O[C@H]2CCCC[C@@H]2N2CCOC2=O)cc1)c1c(-c2ccc(OCCN3CCCC3)cc2)sc2cc(OCc3ccccc3)ccc12. The van der Waals surface area contributed by atoms with Gasteiger partial charge < -0.3 is 18.9 Å². The number of hydrogen-bond donors (Lipinski definition) is 0. The van der Waals surface area contributed by atoms with Crippen LogP contribution >= 0.6 is 11.3 Å². The maximum Gasteiger partial charge on any atom is 0.410 e. The van der Waals surface area contributed by atoms with E-state index in [4.69, 9.17) is 18.9 Å². The molecule has 3 fully saturated rings. The molecule has 52 heavy (non-hydrogen) atoms. The summed E-state index contributed by atoms with van der Waals surface area (Å²) in [4.78, 5) is 32.0. The van der Waals surface area contributed by atoms with Crippen molar-refractivity contribution < 1.29 is 28.5 Å². The van der Waals surface area contributed by atoms with Gasteiger partial charge in [-0.15, -0.1) is 11.3 Å². The number of amides is 1. The van der Waals surface area contributed by atoms with Crippen LogP contribution in [0.2, 0.25) is 0 Å². The first-order valence-corrected chi connectivity index (χ1v) is 19.3. The van der Waals surface area contributed by atoms with E-state index in [1.807, 2.05) is 102 Å². The molecule has 8 nitrogen and oxygen atoms in total. The normalized spacial score (nSPS) is 19.2. The van der Waals surface area contributed by atoms with E-state index in [-0.39, 0.29) is 24.0 Å². The minimum atomic E-state index is -0.255. The number of nitrogens with zero attached hydrogens (tertiary/aromatic N) is 2. The van der Waals surface area contributed by atoms with Gasteiger partial charge in [0.15, 0.2) is 5.78 Å². The summed E-state index contributed by atoms with van der Waals surface area (Å²) >= 11 is 1.60. The highest BCUT2D eigenvalue weighted by Gasteiger charge is 2.37. The van der Waals surface area contributed by atoms with Crippen LogP contribution in [0.1, 0.15) is 60.0 Å². The summed E-state index contributed by atoms with van der Waals surface area (Å²) in [5.74, 6) is 2.23. The number of fused-ring (bicyclic) bond motifs is 1. The van der Waals surface area contributed by atoms with Gasteiger partial charge in [-0.1, -0.05) is 36.8 Å². The van der Waals surface area contributed by atoms with E-state index in [0.29, 0.717) is 43.2 Å². The van der Waals surface area contributed by atoms with Gasteiger partial charge in [0, 0.05) is 32.6 Å². The number of carbonyl (C=O) groups excluding carboxylic acids is 2. The van der Waals surface area contributed by atoms with Crippen molar-refractivity contribution in [3.05, 3.63) is 114 Å². The van der Waals surface area contributed by atoms with Gasteiger partial charge in [-0.2, -0.15) is 0 Å². The maximum absolute atomic E-state index is 14.5. The second-order valence-electron chi connectivity index (χ2n) is 13.8. The molecule has 9 heteroatoms. The van der Waals surface area contributed by atoms with E-state index in [1.165, 1.54) is 12.8 Å². The Bertz CT molecular complexity index is 1990. The van der Waals surface area contributed by atoms with Crippen LogP contribution in [0.15, 0.2) is 97.1 Å². The maximum atomic E-state index is 14.5. The topological polar surface area (TPSA) is 77.5 Å². The van der Waals surface area contributed by atoms with Gasteiger partial charge in [-0.3, -0.25) is 14.6 Å². The second kappa shape index (κ2) is 15.8. The molecule has 5 aromatic rings. The summed E-state index contributed by atoms with van der Waals surface area (Å²) in [5.41, 5.74) is 3.32. The summed E-state index contributed by atoms with van der Waals surface area (Å²) in [6.07, 6.45) is 6.06. The van der Waals surface area contributed by atoms with E-state index in [0.717, 1.165) is 82.9 Å². The third kappa shape index (κ3) is 7.66. The Labute approximate surface area is 308 Å². The van der Waals surface area contributed by atoms with Crippen molar-refractivity contribution in [2.75, 3.05) is 39.4 Å². The highest BCUT2D eigenvalue weighted by Crippen LogP contribution is 2.42. The van der Waals surface area contributed by atoms with Gasteiger partial charge in [0.25, 0.3) is 0 Å². The molecule has 1 saturated carbocycles. The van der Waals surface area contributed by atoms with Crippen LogP contribution < -0.4 is 14.2 Å². The molecule has 0 unspecified atom stereocenters. The smallest absolute Gasteiger partial charge is 0.410 e. The van der Waals surface area contributed by atoms with E-state index < -0.39 is 0 Å². The lowest BCUT2D eigenvalue weighted by Crippen LogP contribution is -2.48. The van der Waals surface area contributed by atoms with Crippen LogP contribution in [0.25, 0.3) is 20.5 Å². The van der Waals surface area contributed by atoms with Gasteiger partial charge in [-0.05, 0) is 123 Å². The van der Waals surface area contributed by atoms with Gasteiger partial charge in [0.2, 0.25) is 0 Å². The van der Waals surface area contributed by atoms with Gasteiger partial charge in [0.05, 0.1) is 12.6 Å². The molecule has 0 N–H and O–H groups in total. The molecular weight excluding hydrogens is 673 g/mol. The first-order chi connectivity index (χ1) is 25.6.